The first kappa shape index (κ1) is 19.3. The van der Waals surface area contributed by atoms with Crippen LogP contribution in [-0.2, 0) is 11.2 Å². The molecule has 1 aromatic heterocycles. The predicted molar refractivity (Wildman–Crippen MR) is 119 cm³/mol. The van der Waals surface area contributed by atoms with Crippen molar-refractivity contribution in [3.05, 3.63) is 71.4 Å². The van der Waals surface area contributed by atoms with Gasteiger partial charge in [0.15, 0.2) is 0 Å². The Balaban J connectivity index is 1.29. The van der Waals surface area contributed by atoms with Crippen LogP contribution < -0.4 is 5.32 Å². The summed E-state index contributed by atoms with van der Waals surface area (Å²) in [6.45, 7) is 4.01. The van der Waals surface area contributed by atoms with E-state index in [0.717, 1.165) is 30.2 Å². The number of nitrogens with one attached hydrogen (secondary N) is 2. The van der Waals surface area contributed by atoms with Gasteiger partial charge in [-0.25, -0.2) is 0 Å². The number of benzene rings is 2. The Morgan fingerprint density at radius 2 is 2.00 bits per heavy atom. The van der Waals surface area contributed by atoms with Gasteiger partial charge in [0.2, 0.25) is 0 Å². The zero-order valence-corrected chi connectivity index (χ0v) is 17.4. The van der Waals surface area contributed by atoms with Gasteiger partial charge in [0, 0.05) is 29.5 Å². The number of H-pyrrole nitrogens is 1. The second-order valence-electron chi connectivity index (χ2n) is 8.44. The third-order valence-electron chi connectivity index (χ3n) is 6.56. The van der Waals surface area contributed by atoms with E-state index in [1.807, 2.05) is 42.2 Å². The molecule has 1 fully saturated rings. The van der Waals surface area contributed by atoms with Crippen LogP contribution >= 0.6 is 0 Å². The number of ether oxygens (including phenoxy) is 1. The Labute approximate surface area is 177 Å². The van der Waals surface area contributed by atoms with E-state index in [0.29, 0.717) is 31.5 Å². The van der Waals surface area contributed by atoms with Gasteiger partial charge in [0.1, 0.15) is 5.69 Å². The highest BCUT2D eigenvalue weighted by Gasteiger charge is 2.33. The molecule has 1 saturated heterocycles. The van der Waals surface area contributed by atoms with Gasteiger partial charge in [0.05, 0.1) is 19.3 Å². The molecule has 1 amide bonds. The normalized spacial score (nSPS) is 23.4. The van der Waals surface area contributed by atoms with Crippen molar-refractivity contribution in [1.29, 1.82) is 0 Å². The SMILES string of the molecule is CCN(C(=O)c1cc2ccccc2[nH]1)[C@@H]1COCC(N[C@@H]2CCc3ccccc32)C1. The maximum atomic E-state index is 13.3. The van der Waals surface area contributed by atoms with Gasteiger partial charge < -0.3 is 19.9 Å². The lowest BCUT2D eigenvalue weighted by atomic mass is 10.0. The third-order valence-corrected chi connectivity index (χ3v) is 6.56. The summed E-state index contributed by atoms with van der Waals surface area (Å²) in [7, 11) is 0. The van der Waals surface area contributed by atoms with Crippen LogP contribution in [0.25, 0.3) is 10.9 Å². The van der Waals surface area contributed by atoms with Crippen LogP contribution in [-0.4, -0.2) is 47.6 Å². The molecule has 1 aliphatic heterocycles. The summed E-state index contributed by atoms with van der Waals surface area (Å²) in [6.07, 6.45) is 3.18. The summed E-state index contributed by atoms with van der Waals surface area (Å²) in [5.74, 6) is 0.0502. The molecule has 1 unspecified atom stereocenters. The minimum absolute atomic E-state index is 0.0502. The molecule has 0 saturated carbocycles. The molecule has 1 aliphatic carbocycles. The first-order valence-corrected chi connectivity index (χ1v) is 11.0. The predicted octanol–water partition coefficient (Wildman–Crippen LogP) is 4.06. The molecule has 2 aromatic carbocycles. The highest BCUT2D eigenvalue weighted by atomic mass is 16.5. The lowest BCUT2D eigenvalue weighted by Gasteiger charge is -2.38. The van der Waals surface area contributed by atoms with E-state index in [-0.39, 0.29) is 18.0 Å². The molecular formula is C25H29N3O2. The first-order valence-electron chi connectivity index (χ1n) is 11.0. The van der Waals surface area contributed by atoms with Crippen molar-refractivity contribution < 1.29 is 9.53 Å². The summed E-state index contributed by atoms with van der Waals surface area (Å²) in [6, 6.07) is 19.4. The Morgan fingerprint density at radius 1 is 1.17 bits per heavy atom. The van der Waals surface area contributed by atoms with E-state index < -0.39 is 0 Å². The van der Waals surface area contributed by atoms with Crippen molar-refractivity contribution in [2.24, 2.45) is 0 Å². The number of hydrogen-bond acceptors (Lipinski definition) is 3. The fourth-order valence-corrected chi connectivity index (χ4v) is 5.07. The summed E-state index contributed by atoms with van der Waals surface area (Å²) in [5, 5.41) is 4.88. The van der Waals surface area contributed by atoms with Crippen LogP contribution in [0.2, 0.25) is 0 Å². The first-order chi connectivity index (χ1) is 14.7. The van der Waals surface area contributed by atoms with E-state index in [9.17, 15) is 4.79 Å². The van der Waals surface area contributed by atoms with Crippen molar-refractivity contribution in [3.8, 4) is 0 Å². The zero-order chi connectivity index (χ0) is 20.5. The number of aromatic nitrogens is 1. The highest BCUT2D eigenvalue weighted by Crippen LogP contribution is 2.32. The van der Waals surface area contributed by atoms with Gasteiger partial charge in [0.25, 0.3) is 5.91 Å². The van der Waals surface area contributed by atoms with E-state index in [4.69, 9.17) is 4.74 Å². The van der Waals surface area contributed by atoms with E-state index in [2.05, 4.69) is 34.6 Å². The molecule has 0 bridgehead atoms. The fourth-order valence-electron chi connectivity index (χ4n) is 5.07. The molecule has 2 aliphatic rings. The molecule has 5 heteroatoms. The molecule has 2 heterocycles. The second kappa shape index (κ2) is 8.25. The third kappa shape index (κ3) is 3.64. The summed E-state index contributed by atoms with van der Waals surface area (Å²) >= 11 is 0. The number of amides is 1. The van der Waals surface area contributed by atoms with Gasteiger partial charge in [-0.05, 0) is 49.4 Å². The van der Waals surface area contributed by atoms with Crippen molar-refractivity contribution >= 4 is 16.8 Å². The lowest BCUT2D eigenvalue weighted by molar-refractivity contribution is 0.000932. The number of nitrogens with zero attached hydrogens (tertiary/aromatic N) is 1. The average Bonchev–Trinajstić information content (AvgIpc) is 3.39. The van der Waals surface area contributed by atoms with Gasteiger partial charge in [-0.3, -0.25) is 4.79 Å². The average molecular weight is 404 g/mol. The Bertz CT molecular complexity index is 1010. The van der Waals surface area contributed by atoms with Crippen molar-refractivity contribution in [2.45, 2.75) is 44.3 Å². The number of likely N-dealkylation sites (N-methyl/N-ethyl adjacent to an activating group) is 1. The Kier molecular flexibility index (Phi) is 5.32. The molecule has 0 spiro atoms. The molecule has 5 nitrogen and oxygen atoms in total. The van der Waals surface area contributed by atoms with Crippen LogP contribution in [0.1, 0.15) is 47.4 Å². The smallest absolute Gasteiger partial charge is 0.270 e. The van der Waals surface area contributed by atoms with E-state index in [1.165, 1.54) is 11.1 Å². The topological polar surface area (TPSA) is 57.4 Å². The Morgan fingerprint density at radius 3 is 2.87 bits per heavy atom. The summed E-state index contributed by atoms with van der Waals surface area (Å²) in [5.41, 5.74) is 4.52. The Hall–Kier alpha value is -2.63. The summed E-state index contributed by atoms with van der Waals surface area (Å²) < 4.78 is 5.95. The molecule has 2 N–H and O–H groups in total. The fraction of sp³-hybridized carbons (Fsp3) is 0.400. The standard InChI is InChI=1S/C25H29N3O2/c1-2-28(25(29)24-13-18-8-4-6-10-22(18)27-24)20-14-19(15-30-16-20)26-23-12-11-17-7-3-5-9-21(17)23/h3-10,13,19-20,23,26-27H,2,11-12,14-16H2,1H3/t19?,20-,23+/m0/s1. The minimum Gasteiger partial charge on any atom is -0.378 e. The van der Waals surface area contributed by atoms with Gasteiger partial charge in [-0.2, -0.15) is 0 Å². The minimum atomic E-state index is 0.0502. The monoisotopic (exact) mass is 403 g/mol. The number of para-hydroxylation sites is 1. The largest absolute Gasteiger partial charge is 0.378 e. The van der Waals surface area contributed by atoms with Gasteiger partial charge in [-0.15, -0.1) is 0 Å². The molecule has 156 valence electrons. The van der Waals surface area contributed by atoms with Crippen molar-refractivity contribution in [3.63, 3.8) is 0 Å². The summed E-state index contributed by atoms with van der Waals surface area (Å²) in [4.78, 5) is 18.5. The van der Waals surface area contributed by atoms with Gasteiger partial charge >= 0.3 is 0 Å². The van der Waals surface area contributed by atoms with Crippen LogP contribution in [0.3, 0.4) is 0 Å². The molecule has 3 aromatic rings. The second-order valence-corrected chi connectivity index (χ2v) is 8.44. The maximum Gasteiger partial charge on any atom is 0.270 e. The molecule has 30 heavy (non-hydrogen) atoms. The number of carbonyl (C=O) groups excluding carboxylic acids is 1. The van der Waals surface area contributed by atoms with Crippen molar-refractivity contribution in [1.82, 2.24) is 15.2 Å². The zero-order valence-electron chi connectivity index (χ0n) is 17.4. The van der Waals surface area contributed by atoms with Crippen LogP contribution in [0.4, 0.5) is 0 Å². The van der Waals surface area contributed by atoms with E-state index in [1.54, 1.807) is 0 Å². The molecular weight excluding hydrogens is 374 g/mol. The quantitative estimate of drug-likeness (QED) is 0.675. The van der Waals surface area contributed by atoms with E-state index >= 15 is 0 Å². The number of aryl methyl sites for hydroxylation is 1. The number of carbonyl (C=O) groups is 1. The maximum absolute atomic E-state index is 13.3. The number of hydrogen-bond donors (Lipinski definition) is 2. The number of rotatable bonds is 5. The van der Waals surface area contributed by atoms with Crippen LogP contribution in [0.15, 0.2) is 54.6 Å². The lowest BCUT2D eigenvalue weighted by Crippen LogP contribution is -2.51. The highest BCUT2D eigenvalue weighted by molar-refractivity contribution is 5.98. The number of fused-ring (bicyclic) bond motifs is 2. The molecule has 0 radical (unpaired) electrons. The van der Waals surface area contributed by atoms with Crippen LogP contribution in [0.5, 0.6) is 0 Å². The number of aromatic amines is 1. The molecule has 5 rings (SSSR count). The van der Waals surface area contributed by atoms with Crippen molar-refractivity contribution in [2.75, 3.05) is 19.8 Å². The van der Waals surface area contributed by atoms with Crippen LogP contribution in [0, 0.1) is 0 Å². The van der Waals surface area contributed by atoms with Gasteiger partial charge in [-0.1, -0.05) is 42.5 Å². The molecule has 3 atom stereocenters.